The molecular formula is C60H38N8O2. The molecule has 0 fully saturated rings. The lowest BCUT2D eigenvalue weighted by Gasteiger charge is -2.26. The molecule has 4 aromatic heterocycles. The van der Waals surface area contributed by atoms with Crippen LogP contribution in [0.3, 0.4) is 0 Å². The van der Waals surface area contributed by atoms with Crippen LogP contribution in [-0.4, -0.2) is 30.0 Å². The molecule has 0 unspecified atom stereocenters. The normalized spacial score (nSPS) is 11.7. The standard InChI is InChI=1S/C60H38N8O2/c1-7-27-57-47(17-1)49-19-11-25-55(59(49)69-57)65(43-13-9-15-45(37-43)67-61-51-21-3-4-22-52(51)62-67)41-33-29-39(30-34-41)40-31-35-42(36-32-40)66(56-26-12-20-50-48-18-2-8-28-58(48)70-60(50)56)44-14-10-16-46(38-44)68-63-53-23-5-6-24-54(53)64-68/h1-38H. The van der Waals surface area contributed by atoms with Crippen molar-refractivity contribution in [2.24, 2.45) is 0 Å². The third kappa shape index (κ3) is 6.57. The molecule has 0 atom stereocenters. The van der Waals surface area contributed by atoms with Gasteiger partial charge in [0.25, 0.3) is 0 Å². The summed E-state index contributed by atoms with van der Waals surface area (Å²) in [6.07, 6.45) is 0. The minimum Gasteiger partial charge on any atom is -0.454 e. The molecule has 0 aliphatic heterocycles. The first kappa shape index (κ1) is 39.4. The molecular weight excluding hydrogens is 865 g/mol. The van der Waals surface area contributed by atoms with Crippen LogP contribution in [0.2, 0.25) is 0 Å². The second-order valence-corrected chi connectivity index (χ2v) is 17.3. The molecule has 0 bridgehead atoms. The summed E-state index contributed by atoms with van der Waals surface area (Å²) in [4.78, 5) is 7.90. The molecule has 10 aromatic carbocycles. The Labute approximate surface area is 400 Å². The van der Waals surface area contributed by atoms with E-state index >= 15 is 0 Å². The monoisotopic (exact) mass is 902 g/mol. The first-order chi connectivity index (χ1) is 34.7. The number of furan rings is 2. The Hall–Kier alpha value is -9.80. The van der Waals surface area contributed by atoms with Crippen LogP contribution in [-0.2, 0) is 0 Å². The van der Waals surface area contributed by atoms with Crippen LogP contribution in [0.5, 0.6) is 0 Å². The number of anilines is 6. The summed E-state index contributed by atoms with van der Waals surface area (Å²) in [7, 11) is 0. The number of para-hydroxylation sites is 4. The quantitative estimate of drug-likeness (QED) is 0.141. The number of hydrogen-bond donors (Lipinski definition) is 0. The Morgan fingerprint density at radius 1 is 0.300 bits per heavy atom. The zero-order valence-corrected chi connectivity index (χ0v) is 37.3. The van der Waals surface area contributed by atoms with E-state index in [1.165, 1.54) is 0 Å². The average molecular weight is 903 g/mol. The third-order valence-electron chi connectivity index (χ3n) is 13.0. The van der Waals surface area contributed by atoms with Crippen LogP contribution in [0, 0.1) is 0 Å². The molecule has 14 rings (SSSR count). The molecule has 0 aliphatic carbocycles. The summed E-state index contributed by atoms with van der Waals surface area (Å²) in [6, 6.07) is 78.9. The zero-order valence-electron chi connectivity index (χ0n) is 37.3. The van der Waals surface area contributed by atoms with Crippen LogP contribution in [0.4, 0.5) is 34.1 Å². The second-order valence-electron chi connectivity index (χ2n) is 17.3. The highest BCUT2D eigenvalue weighted by atomic mass is 16.3. The van der Waals surface area contributed by atoms with Gasteiger partial charge in [-0.2, -0.15) is 9.59 Å². The first-order valence-electron chi connectivity index (χ1n) is 23.1. The van der Waals surface area contributed by atoms with Gasteiger partial charge in [-0.1, -0.05) is 121 Å². The molecule has 0 N–H and O–H groups in total. The Bertz CT molecular complexity index is 3940. The number of rotatable bonds is 9. The first-order valence-corrected chi connectivity index (χ1v) is 23.1. The topological polar surface area (TPSA) is 94.2 Å². The van der Waals surface area contributed by atoms with Gasteiger partial charge in [0, 0.05) is 44.3 Å². The van der Waals surface area contributed by atoms with Gasteiger partial charge < -0.3 is 18.6 Å². The van der Waals surface area contributed by atoms with E-state index in [1.807, 2.05) is 97.1 Å². The van der Waals surface area contributed by atoms with Crippen molar-refractivity contribution in [1.82, 2.24) is 30.0 Å². The predicted octanol–water partition coefficient (Wildman–Crippen LogP) is 15.6. The maximum absolute atomic E-state index is 6.64. The fraction of sp³-hybridized carbons (Fsp3) is 0. The van der Waals surface area contributed by atoms with Crippen LogP contribution in [0.15, 0.2) is 239 Å². The van der Waals surface area contributed by atoms with Crippen molar-refractivity contribution in [2.75, 3.05) is 9.80 Å². The van der Waals surface area contributed by atoms with Crippen molar-refractivity contribution >= 4 is 100 Å². The van der Waals surface area contributed by atoms with Crippen LogP contribution in [0.1, 0.15) is 0 Å². The average Bonchev–Trinajstić information content (AvgIpc) is 4.23. The number of aromatic nitrogens is 6. The lowest BCUT2D eigenvalue weighted by atomic mass is 10.0. The summed E-state index contributed by atoms with van der Waals surface area (Å²) < 4.78 is 13.3. The van der Waals surface area contributed by atoms with Crippen LogP contribution < -0.4 is 9.80 Å². The molecule has 0 spiro atoms. The lowest BCUT2D eigenvalue weighted by molar-refractivity contribution is 0.668. The summed E-state index contributed by atoms with van der Waals surface area (Å²) in [5, 5.41) is 23.5. The summed E-state index contributed by atoms with van der Waals surface area (Å²) in [6.45, 7) is 0. The van der Waals surface area contributed by atoms with Crippen LogP contribution in [0.25, 0.3) is 88.4 Å². The van der Waals surface area contributed by atoms with Crippen molar-refractivity contribution < 1.29 is 8.83 Å². The minimum atomic E-state index is 0.805. The molecule has 330 valence electrons. The minimum absolute atomic E-state index is 0.805. The van der Waals surface area contributed by atoms with Gasteiger partial charge in [0.1, 0.15) is 33.2 Å². The highest BCUT2D eigenvalue weighted by Crippen LogP contribution is 2.45. The van der Waals surface area contributed by atoms with Gasteiger partial charge in [0.05, 0.1) is 22.7 Å². The fourth-order valence-electron chi connectivity index (χ4n) is 9.74. The van der Waals surface area contributed by atoms with Crippen molar-refractivity contribution in [3.63, 3.8) is 0 Å². The molecule has 0 aliphatic rings. The predicted molar refractivity (Wildman–Crippen MR) is 281 cm³/mol. The number of fused-ring (bicyclic) bond motifs is 8. The van der Waals surface area contributed by atoms with E-state index in [4.69, 9.17) is 29.2 Å². The molecule has 70 heavy (non-hydrogen) atoms. The molecule has 14 aromatic rings. The number of hydrogen-bond acceptors (Lipinski definition) is 8. The van der Waals surface area contributed by atoms with E-state index < -0.39 is 0 Å². The number of benzene rings is 10. The van der Waals surface area contributed by atoms with Gasteiger partial charge in [-0.3, -0.25) is 0 Å². The third-order valence-corrected chi connectivity index (χ3v) is 13.0. The van der Waals surface area contributed by atoms with Crippen LogP contribution >= 0.6 is 0 Å². The molecule has 4 heterocycles. The molecule has 10 nitrogen and oxygen atoms in total. The van der Waals surface area contributed by atoms with E-state index in [9.17, 15) is 0 Å². The van der Waals surface area contributed by atoms with Crippen molar-refractivity contribution in [3.8, 4) is 22.5 Å². The van der Waals surface area contributed by atoms with Crippen molar-refractivity contribution in [3.05, 3.63) is 231 Å². The Kier molecular flexibility index (Phi) is 8.96. The summed E-state index contributed by atoms with van der Waals surface area (Å²) in [5.41, 5.74) is 16.1. The molecule has 0 amide bonds. The lowest BCUT2D eigenvalue weighted by Crippen LogP contribution is -2.11. The fourth-order valence-corrected chi connectivity index (χ4v) is 9.74. The largest absolute Gasteiger partial charge is 0.454 e. The van der Waals surface area contributed by atoms with Gasteiger partial charge in [-0.05, 0) is 120 Å². The van der Waals surface area contributed by atoms with Gasteiger partial charge in [-0.15, -0.1) is 20.4 Å². The van der Waals surface area contributed by atoms with E-state index in [0.29, 0.717) is 0 Å². The van der Waals surface area contributed by atoms with Gasteiger partial charge in [0.15, 0.2) is 11.2 Å². The van der Waals surface area contributed by atoms with Crippen molar-refractivity contribution in [2.45, 2.75) is 0 Å². The van der Waals surface area contributed by atoms with E-state index in [0.717, 1.165) is 123 Å². The Morgan fingerprint density at radius 3 is 1.07 bits per heavy atom. The maximum Gasteiger partial charge on any atom is 0.159 e. The van der Waals surface area contributed by atoms with Gasteiger partial charge in [-0.25, -0.2) is 0 Å². The SMILES string of the molecule is c1cc(N(c2ccc(-c3ccc(N(c4cccc(-n5nc6ccccc6n5)c4)c4cccc5c4oc4ccccc45)cc3)cc2)c2cccc3c2oc2ccccc23)cc(-n2nc3ccccc3n2)c1. The molecule has 0 saturated carbocycles. The Morgan fingerprint density at radius 2 is 0.657 bits per heavy atom. The van der Waals surface area contributed by atoms with E-state index in [2.05, 4.69) is 143 Å². The highest BCUT2D eigenvalue weighted by Gasteiger charge is 2.23. The van der Waals surface area contributed by atoms with Crippen molar-refractivity contribution in [1.29, 1.82) is 0 Å². The Balaban J connectivity index is 0.859. The second kappa shape index (κ2) is 15.9. The summed E-state index contributed by atoms with van der Waals surface area (Å²) >= 11 is 0. The number of nitrogens with zero attached hydrogens (tertiary/aromatic N) is 8. The molecule has 0 radical (unpaired) electrons. The van der Waals surface area contributed by atoms with E-state index in [-0.39, 0.29) is 0 Å². The maximum atomic E-state index is 6.64. The summed E-state index contributed by atoms with van der Waals surface area (Å²) in [5.74, 6) is 0. The van der Waals surface area contributed by atoms with E-state index in [1.54, 1.807) is 9.59 Å². The van der Waals surface area contributed by atoms with Gasteiger partial charge >= 0.3 is 0 Å². The van der Waals surface area contributed by atoms with Gasteiger partial charge in [0.2, 0.25) is 0 Å². The molecule has 10 heteroatoms. The highest BCUT2D eigenvalue weighted by molar-refractivity contribution is 6.11. The molecule has 0 saturated heterocycles. The zero-order chi connectivity index (χ0) is 46.1. The smallest absolute Gasteiger partial charge is 0.159 e.